The summed E-state index contributed by atoms with van der Waals surface area (Å²) in [6, 6.07) is 13.6. The van der Waals surface area contributed by atoms with Gasteiger partial charge in [-0.2, -0.15) is 0 Å². The highest BCUT2D eigenvalue weighted by Gasteiger charge is 2.24. The van der Waals surface area contributed by atoms with Crippen molar-refractivity contribution in [3.05, 3.63) is 52.9 Å². The number of aromatic nitrogens is 2. The summed E-state index contributed by atoms with van der Waals surface area (Å²) >= 11 is 6.36. The van der Waals surface area contributed by atoms with E-state index in [1.807, 2.05) is 48.5 Å². The van der Waals surface area contributed by atoms with E-state index in [9.17, 15) is 4.79 Å². The number of ether oxygens (including phenoxy) is 2. The average Bonchev–Trinajstić information content (AvgIpc) is 3.15. The van der Waals surface area contributed by atoms with Crippen molar-refractivity contribution >= 4 is 57.1 Å². The lowest BCUT2D eigenvalue weighted by atomic mass is 10.0. The minimum absolute atomic E-state index is 0.183. The SMILES string of the molecule is COc1ccc(/C=C2\SC(=S)NC2=O)cc1-c1nc2ccccc2nc1N1CCOCC1. The quantitative estimate of drug-likeness (QED) is 0.463. The fourth-order valence-corrected chi connectivity index (χ4v) is 4.78. The highest BCUT2D eigenvalue weighted by molar-refractivity contribution is 8.26. The van der Waals surface area contributed by atoms with Crippen molar-refractivity contribution in [2.75, 3.05) is 38.3 Å². The van der Waals surface area contributed by atoms with Gasteiger partial charge in [0.05, 0.1) is 36.3 Å². The molecule has 2 fully saturated rings. The number of hydrogen-bond acceptors (Lipinski definition) is 8. The van der Waals surface area contributed by atoms with Crippen LogP contribution in [0.15, 0.2) is 47.4 Å². The lowest BCUT2D eigenvalue weighted by molar-refractivity contribution is -0.115. The molecule has 1 amide bonds. The number of methoxy groups -OCH3 is 1. The van der Waals surface area contributed by atoms with Gasteiger partial charge in [0.15, 0.2) is 5.82 Å². The molecule has 1 aromatic heterocycles. The molecule has 32 heavy (non-hydrogen) atoms. The zero-order valence-corrected chi connectivity index (χ0v) is 19.0. The van der Waals surface area contributed by atoms with Gasteiger partial charge in [0.2, 0.25) is 0 Å². The van der Waals surface area contributed by atoms with E-state index >= 15 is 0 Å². The fourth-order valence-electron chi connectivity index (χ4n) is 3.74. The van der Waals surface area contributed by atoms with Crippen LogP contribution in [0.3, 0.4) is 0 Å². The predicted octanol–water partition coefficient (Wildman–Crippen LogP) is 3.63. The number of amides is 1. The molecule has 0 radical (unpaired) electrons. The van der Waals surface area contributed by atoms with E-state index in [1.165, 1.54) is 11.8 Å². The number of hydrogen-bond donors (Lipinski definition) is 1. The fraction of sp³-hybridized carbons (Fsp3) is 0.217. The van der Waals surface area contributed by atoms with Gasteiger partial charge in [0.1, 0.15) is 15.8 Å². The van der Waals surface area contributed by atoms with Gasteiger partial charge in [-0.15, -0.1) is 0 Å². The smallest absolute Gasteiger partial charge is 0.263 e. The molecule has 3 heterocycles. The van der Waals surface area contributed by atoms with Crippen LogP contribution in [-0.4, -0.2) is 53.6 Å². The van der Waals surface area contributed by atoms with Crippen molar-refractivity contribution in [1.82, 2.24) is 15.3 Å². The number of carbonyl (C=O) groups is 1. The molecule has 0 spiro atoms. The summed E-state index contributed by atoms with van der Waals surface area (Å²) in [5.74, 6) is 1.30. The Morgan fingerprint density at radius 1 is 1.16 bits per heavy atom. The second kappa shape index (κ2) is 8.85. The predicted molar refractivity (Wildman–Crippen MR) is 131 cm³/mol. The molecule has 0 aliphatic carbocycles. The van der Waals surface area contributed by atoms with Gasteiger partial charge < -0.3 is 19.7 Å². The second-order valence-electron chi connectivity index (χ2n) is 7.30. The lowest BCUT2D eigenvalue weighted by Crippen LogP contribution is -2.37. The van der Waals surface area contributed by atoms with Gasteiger partial charge in [0.25, 0.3) is 5.91 Å². The van der Waals surface area contributed by atoms with Gasteiger partial charge in [-0.1, -0.05) is 42.2 Å². The van der Waals surface area contributed by atoms with Crippen LogP contribution in [0.5, 0.6) is 5.75 Å². The van der Waals surface area contributed by atoms with Gasteiger partial charge in [0, 0.05) is 18.7 Å². The van der Waals surface area contributed by atoms with E-state index in [2.05, 4.69) is 10.2 Å². The van der Waals surface area contributed by atoms with Crippen molar-refractivity contribution in [3.8, 4) is 17.0 Å². The Kier molecular flexibility index (Phi) is 5.77. The molecule has 162 valence electrons. The number of carbonyl (C=O) groups excluding carboxylic acids is 1. The Balaban J connectivity index is 1.67. The van der Waals surface area contributed by atoms with Crippen molar-refractivity contribution < 1.29 is 14.3 Å². The van der Waals surface area contributed by atoms with Gasteiger partial charge in [-0.05, 0) is 35.9 Å². The third kappa shape index (κ3) is 4.06. The van der Waals surface area contributed by atoms with E-state index in [-0.39, 0.29) is 5.91 Å². The molecule has 0 unspecified atom stereocenters. The molecule has 2 aliphatic rings. The van der Waals surface area contributed by atoms with Crippen molar-refractivity contribution in [3.63, 3.8) is 0 Å². The Hall–Kier alpha value is -3.01. The summed E-state index contributed by atoms with van der Waals surface area (Å²) in [5, 5.41) is 2.65. The maximum atomic E-state index is 12.1. The van der Waals surface area contributed by atoms with Gasteiger partial charge in [-0.25, -0.2) is 9.97 Å². The molecule has 0 saturated carbocycles. The first-order valence-electron chi connectivity index (χ1n) is 10.1. The monoisotopic (exact) mass is 464 g/mol. The molecule has 0 bridgehead atoms. The van der Waals surface area contributed by atoms with Crippen molar-refractivity contribution in [1.29, 1.82) is 0 Å². The summed E-state index contributed by atoms with van der Waals surface area (Å²) in [6.45, 7) is 2.76. The van der Waals surface area contributed by atoms with Crippen LogP contribution in [-0.2, 0) is 9.53 Å². The van der Waals surface area contributed by atoms with Crippen LogP contribution in [0.25, 0.3) is 28.4 Å². The Morgan fingerprint density at radius 3 is 2.59 bits per heavy atom. The van der Waals surface area contributed by atoms with Crippen LogP contribution in [0.4, 0.5) is 5.82 Å². The van der Waals surface area contributed by atoms with Gasteiger partial charge in [-0.3, -0.25) is 4.79 Å². The minimum Gasteiger partial charge on any atom is -0.496 e. The average molecular weight is 465 g/mol. The third-order valence-electron chi connectivity index (χ3n) is 5.28. The molecule has 9 heteroatoms. The summed E-state index contributed by atoms with van der Waals surface area (Å²) in [6.07, 6.45) is 1.82. The molecule has 2 saturated heterocycles. The Bertz CT molecular complexity index is 1260. The molecular formula is C23H20N4O3S2. The molecule has 5 rings (SSSR count). The molecule has 3 aromatic rings. The summed E-state index contributed by atoms with van der Waals surface area (Å²) in [4.78, 5) is 24.8. The maximum Gasteiger partial charge on any atom is 0.263 e. The number of anilines is 1. The number of nitrogens with one attached hydrogen (secondary N) is 1. The van der Waals surface area contributed by atoms with Gasteiger partial charge >= 0.3 is 0 Å². The van der Waals surface area contributed by atoms with Crippen LogP contribution < -0.4 is 15.0 Å². The molecule has 1 N–H and O–H groups in total. The number of rotatable bonds is 4. The molecule has 7 nitrogen and oxygen atoms in total. The number of para-hydroxylation sites is 2. The number of thioether (sulfide) groups is 1. The van der Waals surface area contributed by atoms with Crippen LogP contribution >= 0.6 is 24.0 Å². The highest BCUT2D eigenvalue weighted by Crippen LogP contribution is 2.37. The number of nitrogens with zero attached hydrogens (tertiary/aromatic N) is 3. The van der Waals surface area contributed by atoms with Crippen molar-refractivity contribution in [2.45, 2.75) is 0 Å². The first-order chi connectivity index (χ1) is 15.6. The van der Waals surface area contributed by atoms with Crippen LogP contribution in [0, 0.1) is 0 Å². The normalized spacial score (nSPS) is 17.8. The van der Waals surface area contributed by atoms with E-state index in [0.717, 1.165) is 46.8 Å². The lowest BCUT2D eigenvalue weighted by Gasteiger charge is -2.29. The van der Waals surface area contributed by atoms with Crippen molar-refractivity contribution in [2.24, 2.45) is 0 Å². The topological polar surface area (TPSA) is 76.6 Å². The second-order valence-corrected chi connectivity index (χ2v) is 9.01. The largest absolute Gasteiger partial charge is 0.496 e. The van der Waals surface area contributed by atoms with Crippen LogP contribution in [0.2, 0.25) is 0 Å². The Morgan fingerprint density at radius 2 is 1.91 bits per heavy atom. The molecular weight excluding hydrogens is 444 g/mol. The van der Waals surface area contributed by atoms with E-state index in [0.29, 0.717) is 28.2 Å². The third-order valence-corrected chi connectivity index (χ3v) is 6.44. The zero-order valence-electron chi connectivity index (χ0n) is 17.3. The first kappa shape index (κ1) is 20.9. The maximum absolute atomic E-state index is 12.1. The highest BCUT2D eigenvalue weighted by atomic mass is 32.2. The summed E-state index contributed by atoms with van der Waals surface area (Å²) < 4.78 is 11.7. The number of thiocarbonyl (C=S) groups is 1. The number of fused-ring (bicyclic) bond motifs is 1. The molecule has 2 aromatic carbocycles. The number of benzene rings is 2. The standard InChI is InChI=1S/C23H20N4O3S2/c1-29-18-7-6-14(13-19-22(28)26-23(31)32-19)12-15(18)20-21(27-8-10-30-11-9-27)25-17-5-3-2-4-16(17)24-20/h2-7,12-13H,8-11H2,1H3,(H,26,28,31)/b19-13-. The summed E-state index contributed by atoms with van der Waals surface area (Å²) in [7, 11) is 1.64. The zero-order chi connectivity index (χ0) is 22.1. The van der Waals surface area contributed by atoms with Crippen LogP contribution in [0.1, 0.15) is 5.56 Å². The number of morpholine rings is 1. The van der Waals surface area contributed by atoms with E-state index in [4.69, 9.17) is 31.7 Å². The van der Waals surface area contributed by atoms with E-state index < -0.39 is 0 Å². The summed E-state index contributed by atoms with van der Waals surface area (Å²) in [5.41, 5.74) is 4.05. The Labute approximate surface area is 194 Å². The first-order valence-corrected chi connectivity index (χ1v) is 11.4. The molecule has 0 atom stereocenters. The minimum atomic E-state index is -0.183. The van der Waals surface area contributed by atoms with E-state index in [1.54, 1.807) is 7.11 Å². The molecule has 2 aliphatic heterocycles.